The number of aromatic nitrogens is 1. The van der Waals surface area contributed by atoms with Crippen molar-refractivity contribution in [2.45, 2.75) is 38.4 Å². The van der Waals surface area contributed by atoms with Crippen LogP contribution < -0.4 is 26.2 Å². The molecule has 2 bridgehead atoms. The van der Waals surface area contributed by atoms with Gasteiger partial charge in [-0.1, -0.05) is 35.9 Å². The van der Waals surface area contributed by atoms with Crippen molar-refractivity contribution in [2.24, 2.45) is 11.8 Å². The van der Waals surface area contributed by atoms with Gasteiger partial charge in [-0.05, 0) is 73.5 Å². The van der Waals surface area contributed by atoms with Gasteiger partial charge < -0.3 is 15.4 Å². The van der Waals surface area contributed by atoms with Crippen LogP contribution in [0.5, 0.6) is 5.75 Å². The first-order chi connectivity index (χ1) is 19.0. The maximum absolute atomic E-state index is 12.9. The van der Waals surface area contributed by atoms with Crippen molar-refractivity contribution in [3.63, 3.8) is 0 Å². The zero-order valence-corrected chi connectivity index (χ0v) is 22.4. The van der Waals surface area contributed by atoms with Crippen molar-refractivity contribution in [1.82, 2.24) is 9.88 Å². The highest BCUT2D eigenvalue weighted by Crippen LogP contribution is 2.43. The Kier molecular flexibility index (Phi) is 6.69. The summed E-state index contributed by atoms with van der Waals surface area (Å²) in [7, 11) is 1.66. The fourth-order valence-electron chi connectivity index (χ4n) is 6.40. The van der Waals surface area contributed by atoms with Crippen LogP contribution in [0.1, 0.15) is 35.6 Å². The summed E-state index contributed by atoms with van der Waals surface area (Å²) in [6.45, 7) is 8.55. The predicted octanol–water partition coefficient (Wildman–Crippen LogP) is 4.81. The van der Waals surface area contributed by atoms with E-state index in [1.165, 1.54) is 5.56 Å². The molecule has 0 saturated carbocycles. The second-order valence-corrected chi connectivity index (χ2v) is 10.9. The van der Waals surface area contributed by atoms with E-state index in [2.05, 4.69) is 33.2 Å². The van der Waals surface area contributed by atoms with Gasteiger partial charge >= 0.3 is 0 Å². The number of nitrogens with one attached hydrogen (secondary N) is 2. The van der Waals surface area contributed by atoms with Crippen molar-refractivity contribution in [2.75, 3.05) is 30.8 Å². The Labute approximate surface area is 228 Å². The Hall–Kier alpha value is -3.97. The Balaban J connectivity index is 1.38. The number of benzene rings is 2. The van der Waals surface area contributed by atoms with E-state index < -0.39 is 10.9 Å². The fourth-order valence-corrected chi connectivity index (χ4v) is 6.40. The molecular weight excluding hydrogens is 488 g/mol. The summed E-state index contributed by atoms with van der Waals surface area (Å²) in [5.74, 6) is 1.78. The average molecular weight is 523 g/mol. The Morgan fingerprint density at radius 3 is 2.64 bits per heavy atom. The highest BCUT2D eigenvalue weighted by molar-refractivity contribution is 5.85. The third kappa shape index (κ3) is 4.61. The van der Waals surface area contributed by atoms with Crippen LogP contribution in [0, 0.1) is 18.8 Å². The van der Waals surface area contributed by atoms with Crippen LogP contribution in [0.15, 0.2) is 77.0 Å². The quantitative estimate of drug-likeness (QED) is 0.241. The summed E-state index contributed by atoms with van der Waals surface area (Å²) < 4.78 is 5.54. The number of aryl methyl sites for hydroxylation is 1. The summed E-state index contributed by atoms with van der Waals surface area (Å²) in [5, 5.41) is 7.79. The van der Waals surface area contributed by atoms with Crippen molar-refractivity contribution >= 4 is 22.3 Å². The van der Waals surface area contributed by atoms with Gasteiger partial charge in [-0.3, -0.25) is 19.5 Å². The van der Waals surface area contributed by atoms with E-state index in [9.17, 15) is 9.59 Å². The largest absolute Gasteiger partial charge is 0.497 e. The second-order valence-electron chi connectivity index (χ2n) is 10.9. The molecule has 39 heavy (non-hydrogen) atoms. The fraction of sp³-hybridized carbons (Fsp3) is 0.344. The molecule has 0 aliphatic carbocycles. The van der Waals surface area contributed by atoms with Crippen molar-refractivity contribution < 1.29 is 4.74 Å². The first-order valence-electron chi connectivity index (χ1n) is 13.7. The van der Waals surface area contributed by atoms with Gasteiger partial charge in [0, 0.05) is 30.7 Å². The first-order valence-corrected chi connectivity index (χ1v) is 13.7. The minimum atomic E-state index is -0.471. The van der Waals surface area contributed by atoms with Gasteiger partial charge in [-0.15, -0.1) is 6.58 Å². The van der Waals surface area contributed by atoms with Gasteiger partial charge in [0.2, 0.25) is 0 Å². The van der Waals surface area contributed by atoms with E-state index in [0.29, 0.717) is 29.8 Å². The molecule has 7 heteroatoms. The molecule has 2 unspecified atom stereocenters. The molecule has 2 N–H and O–H groups in total. The van der Waals surface area contributed by atoms with Crippen LogP contribution >= 0.6 is 0 Å². The average Bonchev–Trinajstić information content (AvgIpc) is 2.99. The number of fused-ring (bicyclic) bond motifs is 4. The summed E-state index contributed by atoms with van der Waals surface area (Å²) in [6.07, 6.45) is 6.05. The standard InChI is InChI=1S/C32H34N4O3/c1-4-21-18-36-14-12-22(21)15-27(36)28(24-11-13-33-26-10-9-23(39-3)16-25(24)26)35-30-29(31(37)32(30)38)34-17-20-7-5-19(2)6-8-20/h4-11,13,16,21-22,27-28,34-35H,1,12,14-15,17-18H2,2-3H3/t21?,22-,27-,28-/m1/s1. The van der Waals surface area contributed by atoms with Crippen LogP contribution in [-0.2, 0) is 6.54 Å². The van der Waals surface area contributed by atoms with Crippen LogP contribution in [-0.4, -0.2) is 36.1 Å². The highest BCUT2D eigenvalue weighted by atomic mass is 16.5. The normalized spacial score (nSPS) is 23.0. The van der Waals surface area contributed by atoms with Crippen LogP contribution in [0.3, 0.4) is 0 Å². The number of hydrogen-bond donors (Lipinski definition) is 2. The lowest BCUT2D eigenvalue weighted by Gasteiger charge is -2.52. The van der Waals surface area contributed by atoms with E-state index in [-0.39, 0.29) is 12.1 Å². The van der Waals surface area contributed by atoms with E-state index in [1.807, 2.05) is 61.7 Å². The van der Waals surface area contributed by atoms with Crippen LogP contribution in [0.2, 0.25) is 0 Å². The number of piperidine rings is 3. The second kappa shape index (κ2) is 10.3. The van der Waals surface area contributed by atoms with Gasteiger partial charge in [-0.25, -0.2) is 0 Å². The molecule has 7 nitrogen and oxygen atoms in total. The minimum absolute atomic E-state index is 0.158. The Bertz CT molecular complexity index is 1590. The molecule has 4 heterocycles. The SMILES string of the molecule is C=CC1CN2CC[C@@H]1C[C@@H]2[C@H](Nc1c(NCc2ccc(C)cc2)c(=O)c1=O)c1ccnc2ccc(OC)cc12. The number of nitrogens with zero attached hydrogens (tertiary/aromatic N) is 2. The number of pyridine rings is 1. The summed E-state index contributed by atoms with van der Waals surface area (Å²) in [4.78, 5) is 32.7. The molecule has 200 valence electrons. The maximum Gasteiger partial charge on any atom is 0.253 e. The van der Waals surface area contributed by atoms with E-state index in [0.717, 1.165) is 53.7 Å². The minimum Gasteiger partial charge on any atom is -0.497 e. The van der Waals surface area contributed by atoms with Gasteiger partial charge in [-0.2, -0.15) is 0 Å². The van der Waals surface area contributed by atoms with E-state index in [1.54, 1.807) is 7.11 Å². The predicted molar refractivity (Wildman–Crippen MR) is 156 cm³/mol. The zero-order valence-electron chi connectivity index (χ0n) is 22.4. The van der Waals surface area contributed by atoms with Gasteiger partial charge in [0.15, 0.2) is 0 Å². The van der Waals surface area contributed by atoms with Crippen LogP contribution in [0.4, 0.5) is 11.4 Å². The van der Waals surface area contributed by atoms with Crippen molar-refractivity contribution in [3.05, 3.63) is 105 Å². The lowest BCUT2D eigenvalue weighted by Crippen LogP contribution is -2.56. The molecule has 0 spiro atoms. The number of rotatable bonds is 9. The topological polar surface area (TPSA) is 83.6 Å². The number of anilines is 2. The molecule has 5 atom stereocenters. The van der Waals surface area contributed by atoms with Gasteiger partial charge in [0.25, 0.3) is 10.9 Å². The molecule has 3 aliphatic heterocycles. The molecule has 3 aliphatic rings. The first kappa shape index (κ1) is 25.3. The third-order valence-electron chi connectivity index (χ3n) is 8.66. The lowest BCUT2D eigenvalue weighted by molar-refractivity contribution is 0.0105. The molecule has 7 rings (SSSR count). The molecule has 3 aromatic carbocycles. The molecule has 0 radical (unpaired) electrons. The van der Waals surface area contributed by atoms with Gasteiger partial charge in [0.1, 0.15) is 17.1 Å². The maximum atomic E-state index is 12.9. The number of methoxy groups -OCH3 is 1. The summed E-state index contributed by atoms with van der Waals surface area (Å²) in [6, 6.07) is 16.0. The van der Waals surface area contributed by atoms with Crippen molar-refractivity contribution in [3.8, 4) is 5.75 Å². The van der Waals surface area contributed by atoms with E-state index in [4.69, 9.17) is 4.74 Å². The molecular formula is C32H34N4O3. The van der Waals surface area contributed by atoms with Crippen molar-refractivity contribution in [1.29, 1.82) is 0 Å². The Morgan fingerprint density at radius 2 is 1.92 bits per heavy atom. The zero-order chi connectivity index (χ0) is 27.1. The summed E-state index contributed by atoms with van der Waals surface area (Å²) in [5.41, 5.74) is 3.93. The van der Waals surface area contributed by atoms with Gasteiger partial charge in [0.05, 0.1) is 18.7 Å². The third-order valence-corrected chi connectivity index (χ3v) is 8.66. The molecule has 0 amide bonds. The highest BCUT2D eigenvalue weighted by Gasteiger charge is 2.43. The lowest BCUT2D eigenvalue weighted by atomic mass is 9.73. The number of hydrogen-bond acceptors (Lipinski definition) is 7. The number of ether oxygens (including phenoxy) is 1. The van der Waals surface area contributed by atoms with E-state index >= 15 is 0 Å². The van der Waals surface area contributed by atoms with Crippen LogP contribution in [0.25, 0.3) is 10.9 Å². The smallest absolute Gasteiger partial charge is 0.253 e. The molecule has 3 saturated heterocycles. The monoisotopic (exact) mass is 522 g/mol. The molecule has 3 fully saturated rings. The Morgan fingerprint density at radius 1 is 1.13 bits per heavy atom. The molecule has 1 aromatic heterocycles. The summed E-state index contributed by atoms with van der Waals surface area (Å²) >= 11 is 0. The molecule has 4 aromatic rings.